The zero-order valence-corrected chi connectivity index (χ0v) is 11.6. The van der Waals surface area contributed by atoms with E-state index in [1.54, 1.807) is 6.08 Å². The molecule has 0 bridgehead atoms. The van der Waals surface area contributed by atoms with Crippen molar-refractivity contribution in [3.63, 3.8) is 0 Å². The van der Waals surface area contributed by atoms with Crippen molar-refractivity contribution < 1.29 is 4.84 Å². The molecule has 100 valence electrons. The molecule has 0 fully saturated rings. The van der Waals surface area contributed by atoms with Crippen LogP contribution in [-0.2, 0) is 6.42 Å². The average molecular weight is 255 g/mol. The molecule has 0 spiro atoms. The molecule has 0 aliphatic rings. The van der Waals surface area contributed by atoms with Crippen molar-refractivity contribution in [2.75, 3.05) is 0 Å². The number of hydrogen-bond donors (Lipinski definition) is 1. The third kappa shape index (κ3) is 3.97. The Balaban J connectivity index is 0.000000861. The fourth-order valence-electron chi connectivity index (χ4n) is 1.86. The van der Waals surface area contributed by atoms with E-state index < -0.39 is 0 Å². The first-order chi connectivity index (χ1) is 9.35. The lowest BCUT2D eigenvalue weighted by molar-refractivity contribution is 0.330. The van der Waals surface area contributed by atoms with Gasteiger partial charge in [0.15, 0.2) is 5.75 Å². The van der Waals surface area contributed by atoms with Gasteiger partial charge in [-0.1, -0.05) is 75.0 Å². The van der Waals surface area contributed by atoms with Gasteiger partial charge in [-0.15, -0.1) is 0 Å². The largest absolute Gasteiger partial charge is 0.411 e. The first-order valence-corrected chi connectivity index (χ1v) is 6.50. The molecule has 0 atom stereocenters. The van der Waals surface area contributed by atoms with E-state index in [1.807, 2.05) is 50.2 Å². The van der Waals surface area contributed by atoms with Gasteiger partial charge in [0, 0.05) is 17.5 Å². The Labute approximate surface area is 115 Å². The van der Waals surface area contributed by atoms with Crippen LogP contribution >= 0.6 is 0 Å². The van der Waals surface area contributed by atoms with E-state index in [2.05, 4.69) is 18.7 Å². The van der Waals surface area contributed by atoms with Crippen LogP contribution in [0.25, 0.3) is 6.08 Å². The SMILES string of the molecule is C=Cc1cccc(Cc2ccccc2)c1ON.CC. The normalized spacial score (nSPS) is 9.21. The highest BCUT2D eigenvalue weighted by molar-refractivity contribution is 5.59. The van der Waals surface area contributed by atoms with Crippen LogP contribution in [0.3, 0.4) is 0 Å². The summed E-state index contributed by atoms with van der Waals surface area (Å²) in [6.45, 7) is 7.75. The highest BCUT2D eigenvalue weighted by Gasteiger charge is 2.07. The van der Waals surface area contributed by atoms with Crippen molar-refractivity contribution >= 4 is 6.08 Å². The van der Waals surface area contributed by atoms with Crippen molar-refractivity contribution in [1.82, 2.24) is 0 Å². The minimum absolute atomic E-state index is 0.700. The molecular weight excluding hydrogens is 234 g/mol. The Bertz CT molecular complexity index is 506. The fourth-order valence-corrected chi connectivity index (χ4v) is 1.86. The van der Waals surface area contributed by atoms with Crippen molar-refractivity contribution in [3.05, 3.63) is 71.8 Å². The Morgan fingerprint density at radius 3 is 2.32 bits per heavy atom. The van der Waals surface area contributed by atoms with Gasteiger partial charge >= 0.3 is 0 Å². The van der Waals surface area contributed by atoms with Crippen molar-refractivity contribution in [1.29, 1.82) is 0 Å². The van der Waals surface area contributed by atoms with Crippen LogP contribution in [0.1, 0.15) is 30.5 Å². The third-order valence-corrected chi connectivity index (χ3v) is 2.70. The summed E-state index contributed by atoms with van der Waals surface area (Å²) in [4.78, 5) is 4.97. The lowest BCUT2D eigenvalue weighted by atomic mass is 10.0. The molecule has 2 nitrogen and oxygen atoms in total. The maximum Gasteiger partial charge on any atom is 0.157 e. The third-order valence-electron chi connectivity index (χ3n) is 2.70. The van der Waals surface area contributed by atoms with Gasteiger partial charge in [-0.05, 0) is 5.56 Å². The Hall–Kier alpha value is -2.06. The molecule has 2 aromatic rings. The maximum absolute atomic E-state index is 5.33. The molecule has 2 rings (SSSR count). The molecule has 2 heteroatoms. The van der Waals surface area contributed by atoms with Crippen LogP contribution in [0, 0.1) is 0 Å². The summed E-state index contributed by atoms with van der Waals surface area (Å²) in [5.74, 6) is 6.03. The standard InChI is InChI=1S/C15H15NO.C2H6/c1-2-13-9-6-10-14(15(13)17-16)11-12-7-4-3-5-8-12;1-2/h2-10H,1,11,16H2;1-2H3. The Kier molecular flexibility index (Phi) is 6.41. The topological polar surface area (TPSA) is 35.2 Å². The van der Waals surface area contributed by atoms with Crippen molar-refractivity contribution in [2.24, 2.45) is 5.90 Å². The predicted octanol–water partition coefficient (Wildman–Crippen LogP) is 4.20. The summed E-state index contributed by atoms with van der Waals surface area (Å²) in [6.07, 6.45) is 2.55. The van der Waals surface area contributed by atoms with Crippen LogP contribution < -0.4 is 10.7 Å². The van der Waals surface area contributed by atoms with Crippen LogP contribution in [0.15, 0.2) is 55.1 Å². The van der Waals surface area contributed by atoms with E-state index in [0.717, 1.165) is 17.5 Å². The molecule has 0 amide bonds. The van der Waals surface area contributed by atoms with Crippen LogP contribution in [0.4, 0.5) is 0 Å². The molecule has 0 aliphatic heterocycles. The summed E-state index contributed by atoms with van der Waals surface area (Å²) in [5.41, 5.74) is 3.21. The molecule has 0 heterocycles. The van der Waals surface area contributed by atoms with E-state index >= 15 is 0 Å². The van der Waals surface area contributed by atoms with E-state index in [-0.39, 0.29) is 0 Å². The molecule has 2 N–H and O–H groups in total. The van der Waals surface area contributed by atoms with Gasteiger partial charge in [0.25, 0.3) is 0 Å². The van der Waals surface area contributed by atoms with E-state index in [1.165, 1.54) is 5.56 Å². The second-order valence-electron chi connectivity index (χ2n) is 3.82. The number of nitrogens with two attached hydrogens (primary N) is 1. The smallest absolute Gasteiger partial charge is 0.157 e. The number of rotatable bonds is 4. The molecule has 19 heavy (non-hydrogen) atoms. The minimum atomic E-state index is 0.700. The van der Waals surface area contributed by atoms with Crippen LogP contribution in [0.5, 0.6) is 5.75 Å². The molecule has 2 aromatic carbocycles. The predicted molar refractivity (Wildman–Crippen MR) is 81.9 cm³/mol. The monoisotopic (exact) mass is 255 g/mol. The Morgan fingerprint density at radius 1 is 1.05 bits per heavy atom. The van der Waals surface area contributed by atoms with Crippen LogP contribution in [-0.4, -0.2) is 0 Å². The summed E-state index contributed by atoms with van der Waals surface area (Å²) in [5, 5.41) is 0. The van der Waals surface area contributed by atoms with E-state index in [0.29, 0.717) is 5.75 Å². The summed E-state index contributed by atoms with van der Waals surface area (Å²) < 4.78 is 0. The first-order valence-electron chi connectivity index (χ1n) is 6.50. The Morgan fingerprint density at radius 2 is 1.74 bits per heavy atom. The van der Waals surface area contributed by atoms with Gasteiger partial charge in [0.2, 0.25) is 0 Å². The average Bonchev–Trinajstić information content (AvgIpc) is 2.50. The number of hydrogen-bond acceptors (Lipinski definition) is 2. The van der Waals surface area contributed by atoms with Crippen LogP contribution in [0.2, 0.25) is 0 Å². The zero-order valence-electron chi connectivity index (χ0n) is 11.6. The van der Waals surface area contributed by atoms with Gasteiger partial charge in [-0.25, -0.2) is 0 Å². The van der Waals surface area contributed by atoms with Gasteiger partial charge in [0.05, 0.1) is 0 Å². The zero-order chi connectivity index (χ0) is 14.1. The minimum Gasteiger partial charge on any atom is -0.411 e. The fraction of sp³-hybridized carbons (Fsp3) is 0.176. The molecule has 0 aromatic heterocycles. The van der Waals surface area contributed by atoms with E-state index in [9.17, 15) is 0 Å². The quantitative estimate of drug-likeness (QED) is 0.831. The molecule has 0 radical (unpaired) electrons. The second-order valence-corrected chi connectivity index (χ2v) is 3.82. The summed E-state index contributed by atoms with van der Waals surface area (Å²) in [7, 11) is 0. The first kappa shape index (κ1) is 15.0. The lowest BCUT2D eigenvalue weighted by Crippen LogP contribution is -2.06. The molecule has 0 unspecified atom stereocenters. The van der Waals surface area contributed by atoms with Crippen molar-refractivity contribution in [2.45, 2.75) is 20.3 Å². The number of benzene rings is 2. The maximum atomic E-state index is 5.33. The molecule has 0 aliphatic carbocycles. The summed E-state index contributed by atoms with van der Waals surface area (Å²) >= 11 is 0. The van der Waals surface area contributed by atoms with Gasteiger partial charge < -0.3 is 4.84 Å². The molecule has 0 saturated carbocycles. The summed E-state index contributed by atoms with van der Waals surface area (Å²) in [6, 6.07) is 16.2. The molecule has 0 saturated heterocycles. The molecular formula is C17H21NO. The van der Waals surface area contributed by atoms with Gasteiger partial charge in [-0.2, -0.15) is 5.90 Å². The highest BCUT2D eigenvalue weighted by Crippen LogP contribution is 2.26. The van der Waals surface area contributed by atoms with E-state index in [4.69, 9.17) is 10.7 Å². The highest BCUT2D eigenvalue weighted by atomic mass is 16.6. The van der Waals surface area contributed by atoms with Gasteiger partial charge in [0.1, 0.15) is 0 Å². The van der Waals surface area contributed by atoms with Gasteiger partial charge in [-0.3, -0.25) is 0 Å². The van der Waals surface area contributed by atoms with Crippen molar-refractivity contribution in [3.8, 4) is 5.75 Å². The number of para-hydroxylation sites is 1. The second kappa shape index (κ2) is 8.11. The lowest BCUT2D eigenvalue weighted by Gasteiger charge is -2.10.